The van der Waals surface area contributed by atoms with Gasteiger partial charge in [0.1, 0.15) is 5.78 Å². The maximum atomic E-state index is 11.9. The number of Topliss-reactive ketones (excluding diaryl/α,β-unsaturated/α-hetero) is 1. The number of nitrogens with one attached hydrogen (secondary N) is 1. The first kappa shape index (κ1) is 14.1. The summed E-state index contributed by atoms with van der Waals surface area (Å²) in [6.07, 6.45) is 3.98. The summed E-state index contributed by atoms with van der Waals surface area (Å²) >= 11 is 0. The van der Waals surface area contributed by atoms with Crippen molar-refractivity contribution in [1.29, 1.82) is 0 Å². The van der Waals surface area contributed by atoms with E-state index < -0.39 is 0 Å². The number of fused-ring (bicyclic) bond motifs is 1. The van der Waals surface area contributed by atoms with Crippen LogP contribution in [-0.4, -0.2) is 28.0 Å². The maximum absolute atomic E-state index is 11.9. The molecule has 0 aliphatic heterocycles. The molecule has 0 radical (unpaired) electrons. The zero-order chi connectivity index (χ0) is 14.7. The van der Waals surface area contributed by atoms with Crippen LogP contribution in [0, 0.1) is 0 Å². The number of ether oxygens (including phenoxy) is 1. The molecule has 1 aromatic heterocycles. The van der Waals surface area contributed by atoms with Crippen molar-refractivity contribution in [2.75, 3.05) is 6.61 Å². The number of carbonyl (C=O) groups excluding carboxylic acids is 1. The maximum Gasteiger partial charge on any atom is 0.326 e. The Morgan fingerprint density at radius 3 is 2.76 bits per heavy atom. The van der Waals surface area contributed by atoms with E-state index in [9.17, 15) is 9.59 Å². The number of hydrogen-bond donors (Lipinski definition) is 1. The van der Waals surface area contributed by atoms with E-state index >= 15 is 0 Å². The summed E-state index contributed by atoms with van der Waals surface area (Å²) < 4.78 is 7.56. The molecule has 0 bridgehead atoms. The molecule has 21 heavy (non-hydrogen) atoms. The average molecular weight is 288 g/mol. The highest BCUT2D eigenvalue weighted by atomic mass is 16.5. The van der Waals surface area contributed by atoms with E-state index in [0.717, 1.165) is 30.3 Å². The third-order valence-electron chi connectivity index (χ3n) is 4.05. The molecule has 1 aliphatic rings. The molecule has 1 heterocycles. The highest BCUT2D eigenvalue weighted by Crippen LogP contribution is 2.18. The highest BCUT2D eigenvalue weighted by Gasteiger charge is 2.18. The number of carbonyl (C=O) groups is 1. The Kier molecular flexibility index (Phi) is 4.20. The summed E-state index contributed by atoms with van der Waals surface area (Å²) in [5, 5.41) is 0. The lowest BCUT2D eigenvalue weighted by Crippen LogP contribution is -2.23. The van der Waals surface area contributed by atoms with E-state index in [-0.39, 0.29) is 11.8 Å². The van der Waals surface area contributed by atoms with E-state index in [1.165, 1.54) is 0 Å². The predicted octanol–water partition coefficient (Wildman–Crippen LogP) is 2.25. The van der Waals surface area contributed by atoms with Gasteiger partial charge in [0.2, 0.25) is 0 Å². The predicted molar refractivity (Wildman–Crippen MR) is 80.4 cm³/mol. The Balaban J connectivity index is 1.52. The van der Waals surface area contributed by atoms with E-state index in [0.29, 0.717) is 31.8 Å². The van der Waals surface area contributed by atoms with Gasteiger partial charge in [0, 0.05) is 26.0 Å². The number of ketones is 1. The second-order valence-corrected chi connectivity index (χ2v) is 5.56. The summed E-state index contributed by atoms with van der Waals surface area (Å²) in [5.41, 5.74) is 1.74. The smallest absolute Gasteiger partial charge is 0.326 e. The molecule has 1 aliphatic carbocycles. The lowest BCUT2D eigenvalue weighted by atomic mass is 9.96. The Bertz CT molecular complexity index is 676. The average Bonchev–Trinajstić information content (AvgIpc) is 2.81. The fraction of sp³-hybridized carbons (Fsp3) is 0.500. The molecule has 5 heteroatoms. The molecule has 3 rings (SSSR count). The number of benzene rings is 1. The van der Waals surface area contributed by atoms with Gasteiger partial charge < -0.3 is 9.72 Å². The standard InChI is InChI=1S/C16H20N2O3/c19-12-6-8-13(9-7-12)21-11-3-10-18-15-5-2-1-4-14(15)17-16(18)20/h1-2,4-5,13H,3,6-11H2,(H,17,20). The van der Waals surface area contributed by atoms with Crippen LogP contribution in [0.4, 0.5) is 0 Å². The first-order chi connectivity index (χ1) is 10.2. The molecule has 0 amide bonds. The van der Waals surface area contributed by atoms with Gasteiger partial charge in [0.05, 0.1) is 17.1 Å². The van der Waals surface area contributed by atoms with Crippen molar-refractivity contribution in [3.8, 4) is 0 Å². The molecular formula is C16H20N2O3. The zero-order valence-corrected chi connectivity index (χ0v) is 12.0. The topological polar surface area (TPSA) is 64.1 Å². The van der Waals surface area contributed by atoms with Crippen LogP contribution in [0.2, 0.25) is 0 Å². The number of nitrogens with zero attached hydrogens (tertiary/aromatic N) is 1. The molecule has 1 aromatic carbocycles. The largest absolute Gasteiger partial charge is 0.378 e. The van der Waals surface area contributed by atoms with Crippen molar-refractivity contribution in [2.24, 2.45) is 0 Å². The van der Waals surface area contributed by atoms with Crippen LogP contribution in [0.1, 0.15) is 32.1 Å². The normalized spacial score (nSPS) is 16.7. The first-order valence-electron chi connectivity index (χ1n) is 7.55. The Morgan fingerprint density at radius 2 is 1.95 bits per heavy atom. The van der Waals surface area contributed by atoms with Crippen LogP contribution in [-0.2, 0) is 16.1 Å². The van der Waals surface area contributed by atoms with Gasteiger partial charge in [0.25, 0.3) is 0 Å². The van der Waals surface area contributed by atoms with Crippen LogP contribution in [0.3, 0.4) is 0 Å². The second-order valence-electron chi connectivity index (χ2n) is 5.56. The van der Waals surface area contributed by atoms with Gasteiger partial charge in [-0.3, -0.25) is 9.36 Å². The van der Waals surface area contributed by atoms with E-state index in [4.69, 9.17) is 4.74 Å². The Hall–Kier alpha value is -1.88. The highest BCUT2D eigenvalue weighted by molar-refractivity contribution is 5.79. The monoisotopic (exact) mass is 288 g/mol. The molecule has 0 spiro atoms. The van der Waals surface area contributed by atoms with Crippen LogP contribution in [0.15, 0.2) is 29.1 Å². The minimum atomic E-state index is -0.0699. The van der Waals surface area contributed by atoms with Crippen LogP contribution < -0.4 is 5.69 Å². The molecule has 1 N–H and O–H groups in total. The van der Waals surface area contributed by atoms with Gasteiger partial charge in [-0.25, -0.2) is 4.79 Å². The number of aromatic nitrogens is 2. The van der Waals surface area contributed by atoms with E-state index in [1.807, 2.05) is 24.3 Å². The number of H-pyrrole nitrogens is 1. The second kappa shape index (κ2) is 6.26. The number of aryl methyl sites for hydroxylation is 1. The molecule has 0 saturated heterocycles. The lowest BCUT2D eigenvalue weighted by Gasteiger charge is -2.21. The first-order valence-corrected chi connectivity index (χ1v) is 7.55. The summed E-state index contributed by atoms with van der Waals surface area (Å²) in [7, 11) is 0. The van der Waals surface area contributed by atoms with Crippen LogP contribution in [0.25, 0.3) is 11.0 Å². The van der Waals surface area contributed by atoms with Crippen molar-refractivity contribution in [3.63, 3.8) is 0 Å². The molecular weight excluding hydrogens is 268 g/mol. The van der Waals surface area contributed by atoms with Gasteiger partial charge in [-0.15, -0.1) is 0 Å². The fourth-order valence-corrected chi connectivity index (χ4v) is 2.88. The summed E-state index contributed by atoms with van der Waals surface area (Å²) in [4.78, 5) is 25.9. The third-order valence-corrected chi connectivity index (χ3v) is 4.05. The third kappa shape index (κ3) is 3.24. The molecule has 1 saturated carbocycles. The quantitative estimate of drug-likeness (QED) is 0.858. The van der Waals surface area contributed by atoms with Crippen molar-refractivity contribution in [1.82, 2.24) is 9.55 Å². The van der Waals surface area contributed by atoms with Crippen LogP contribution in [0.5, 0.6) is 0 Å². The van der Waals surface area contributed by atoms with Gasteiger partial charge in [0.15, 0.2) is 0 Å². The number of rotatable bonds is 5. The zero-order valence-electron chi connectivity index (χ0n) is 12.0. The summed E-state index contributed by atoms with van der Waals surface area (Å²) in [5.74, 6) is 0.347. The fourth-order valence-electron chi connectivity index (χ4n) is 2.88. The lowest BCUT2D eigenvalue weighted by molar-refractivity contribution is -0.123. The summed E-state index contributed by atoms with van der Waals surface area (Å²) in [6, 6.07) is 7.70. The number of imidazole rings is 1. The minimum Gasteiger partial charge on any atom is -0.378 e. The van der Waals surface area contributed by atoms with Crippen molar-refractivity contribution in [2.45, 2.75) is 44.8 Å². The van der Waals surface area contributed by atoms with Gasteiger partial charge in [-0.2, -0.15) is 0 Å². The van der Waals surface area contributed by atoms with Gasteiger partial charge >= 0.3 is 5.69 Å². The summed E-state index contributed by atoms with van der Waals surface area (Å²) in [6.45, 7) is 1.28. The SMILES string of the molecule is O=C1CCC(OCCCn2c(=O)[nH]c3ccccc32)CC1. The van der Waals surface area contributed by atoms with E-state index in [2.05, 4.69) is 4.98 Å². The van der Waals surface area contributed by atoms with E-state index in [1.54, 1.807) is 4.57 Å². The molecule has 0 atom stereocenters. The number of hydrogen-bond acceptors (Lipinski definition) is 3. The molecule has 2 aromatic rings. The molecule has 5 nitrogen and oxygen atoms in total. The van der Waals surface area contributed by atoms with Crippen molar-refractivity contribution < 1.29 is 9.53 Å². The number of aromatic amines is 1. The molecule has 1 fully saturated rings. The van der Waals surface area contributed by atoms with Gasteiger partial charge in [-0.05, 0) is 31.4 Å². The van der Waals surface area contributed by atoms with Crippen molar-refractivity contribution >= 4 is 16.8 Å². The Labute approximate surface area is 122 Å². The van der Waals surface area contributed by atoms with Crippen molar-refractivity contribution in [3.05, 3.63) is 34.7 Å². The Morgan fingerprint density at radius 1 is 1.19 bits per heavy atom. The molecule has 112 valence electrons. The van der Waals surface area contributed by atoms with Gasteiger partial charge in [-0.1, -0.05) is 12.1 Å². The minimum absolute atomic E-state index is 0.0699. The molecule has 0 unspecified atom stereocenters. The number of para-hydroxylation sites is 2. The van der Waals surface area contributed by atoms with Crippen LogP contribution >= 0.6 is 0 Å².